The second-order valence-corrected chi connectivity index (χ2v) is 10.8. The first-order chi connectivity index (χ1) is 18.6. The number of fused-ring (bicyclic) bond motifs is 1. The normalized spacial score (nSPS) is 17.0. The molecule has 6 nitrogen and oxygen atoms in total. The highest BCUT2D eigenvalue weighted by atomic mass is 19.4. The molecular weight excluding hydrogens is 507 g/mol. The van der Waals surface area contributed by atoms with Gasteiger partial charge in [0, 0.05) is 31.0 Å². The zero-order valence-electron chi connectivity index (χ0n) is 22.1. The van der Waals surface area contributed by atoms with Gasteiger partial charge in [0.1, 0.15) is 12.4 Å². The van der Waals surface area contributed by atoms with E-state index in [0.717, 1.165) is 48.9 Å². The van der Waals surface area contributed by atoms with Gasteiger partial charge < -0.3 is 14.2 Å². The van der Waals surface area contributed by atoms with Gasteiger partial charge in [-0.05, 0) is 49.9 Å². The van der Waals surface area contributed by atoms with E-state index in [2.05, 4.69) is 4.98 Å². The van der Waals surface area contributed by atoms with Crippen LogP contribution in [0.3, 0.4) is 0 Å². The van der Waals surface area contributed by atoms with E-state index in [4.69, 9.17) is 4.74 Å². The molecule has 206 valence electrons. The maximum Gasteiger partial charge on any atom is 0.416 e. The first-order valence-corrected chi connectivity index (χ1v) is 13.4. The van der Waals surface area contributed by atoms with Gasteiger partial charge in [0.15, 0.2) is 5.69 Å². The molecule has 0 unspecified atom stereocenters. The number of carbonyl (C=O) groups is 1. The lowest BCUT2D eigenvalue weighted by Gasteiger charge is -2.36. The highest BCUT2D eigenvalue weighted by Crippen LogP contribution is 2.44. The summed E-state index contributed by atoms with van der Waals surface area (Å²) in [6, 6.07) is 14.7. The van der Waals surface area contributed by atoms with Gasteiger partial charge in [-0.3, -0.25) is 9.59 Å². The van der Waals surface area contributed by atoms with Crippen LogP contribution in [0.2, 0.25) is 0 Å². The van der Waals surface area contributed by atoms with E-state index in [1.807, 2.05) is 44.2 Å². The number of hydrogen-bond donors (Lipinski definition) is 0. The van der Waals surface area contributed by atoms with Crippen LogP contribution < -0.4 is 10.3 Å². The van der Waals surface area contributed by atoms with Gasteiger partial charge in [-0.2, -0.15) is 18.2 Å². The van der Waals surface area contributed by atoms with Crippen LogP contribution in [0.25, 0.3) is 0 Å². The summed E-state index contributed by atoms with van der Waals surface area (Å²) in [7, 11) is 0. The molecule has 1 aliphatic carbocycles. The topological polar surface area (TPSA) is 64.4 Å². The van der Waals surface area contributed by atoms with E-state index >= 15 is 0 Å². The van der Waals surface area contributed by atoms with Gasteiger partial charge in [-0.25, -0.2) is 0 Å². The van der Waals surface area contributed by atoms with E-state index in [1.165, 1.54) is 0 Å². The van der Waals surface area contributed by atoms with Crippen molar-refractivity contribution in [2.45, 2.75) is 76.7 Å². The molecule has 0 saturated heterocycles. The first-order valence-electron chi connectivity index (χ1n) is 13.4. The first kappa shape index (κ1) is 27.0. The van der Waals surface area contributed by atoms with Crippen molar-refractivity contribution < 1.29 is 22.7 Å². The van der Waals surface area contributed by atoms with Crippen molar-refractivity contribution in [2.75, 3.05) is 6.54 Å². The number of rotatable bonds is 7. The van der Waals surface area contributed by atoms with Crippen molar-refractivity contribution in [1.29, 1.82) is 0 Å². The number of ether oxygens (including phenoxy) is 1. The SMILES string of the molecule is CC(C)N1CCn2c(CC3(c4ccc(C(F)(F)F)cc4)CCCC3)nc(=O)c(OCc3ccccc3)c2C1=O. The predicted octanol–water partition coefficient (Wildman–Crippen LogP) is 5.76. The van der Waals surface area contributed by atoms with Crippen molar-refractivity contribution in [3.63, 3.8) is 0 Å². The molecule has 1 aromatic heterocycles. The number of aromatic nitrogens is 2. The molecule has 1 aliphatic heterocycles. The molecule has 0 radical (unpaired) electrons. The molecule has 2 aromatic carbocycles. The lowest BCUT2D eigenvalue weighted by atomic mass is 9.75. The van der Waals surface area contributed by atoms with Crippen molar-refractivity contribution in [3.8, 4) is 5.75 Å². The zero-order valence-corrected chi connectivity index (χ0v) is 22.1. The summed E-state index contributed by atoms with van der Waals surface area (Å²) < 4.78 is 47.4. The number of benzene rings is 2. The van der Waals surface area contributed by atoms with Crippen LogP contribution in [0.4, 0.5) is 13.2 Å². The molecule has 0 N–H and O–H groups in total. The second kappa shape index (κ2) is 10.5. The van der Waals surface area contributed by atoms with Crippen molar-refractivity contribution >= 4 is 5.91 Å². The summed E-state index contributed by atoms with van der Waals surface area (Å²) in [5, 5.41) is 0. The molecule has 0 bridgehead atoms. The van der Waals surface area contributed by atoms with Crippen LogP contribution in [-0.4, -0.2) is 32.9 Å². The highest BCUT2D eigenvalue weighted by Gasteiger charge is 2.40. The van der Waals surface area contributed by atoms with Crippen molar-refractivity contribution in [2.24, 2.45) is 0 Å². The third-order valence-corrected chi connectivity index (χ3v) is 7.98. The van der Waals surface area contributed by atoms with Crippen LogP contribution in [0.5, 0.6) is 5.75 Å². The average molecular weight is 540 g/mol. The Kier molecular flexibility index (Phi) is 7.27. The predicted molar refractivity (Wildman–Crippen MR) is 141 cm³/mol. The Balaban J connectivity index is 1.55. The molecule has 2 aliphatic rings. The van der Waals surface area contributed by atoms with E-state index in [-0.39, 0.29) is 30.0 Å². The Morgan fingerprint density at radius 2 is 1.64 bits per heavy atom. The second-order valence-electron chi connectivity index (χ2n) is 10.8. The average Bonchev–Trinajstić information content (AvgIpc) is 3.38. The van der Waals surface area contributed by atoms with Gasteiger partial charge in [-0.15, -0.1) is 0 Å². The van der Waals surface area contributed by atoms with Crippen LogP contribution >= 0.6 is 0 Å². The molecule has 39 heavy (non-hydrogen) atoms. The molecular formula is C30H32F3N3O3. The van der Waals surface area contributed by atoms with Crippen LogP contribution in [0, 0.1) is 0 Å². The van der Waals surface area contributed by atoms with Gasteiger partial charge in [-0.1, -0.05) is 55.3 Å². The van der Waals surface area contributed by atoms with Gasteiger partial charge in [0.2, 0.25) is 5.75 Å². The third kappa shape index (κ3) is 5.31. The standard InChI is InChI=1S/C30H32F3N3O3/c1-20(2)35-16-17-36-24(18-29(14-6-7-15-29)22-10-12-23(13-11-22)30(31,32)33)34-27(37)26(25(36)28(35)38)39-19-21-8-4-3-5-9-21/h3-5,8-13,20H,6-7,14-19H2,1-2H3. The summed E-state index contributed by atoms with van der Waals surface area (Å²) in [5.74, 6) is 0.128. The van der Waals surface area contributed by atoms with E-state index in [0.29, 0.717) is 25.3 Å². The van der Waals surface area contributed by atoms with E-state index in [9.17, 15) is 22.8 Å². The van der Waals surface area contributed by atoms with Crippen LogP contribution in [0.15, 0.2) is 59.4 Å². The number of nitrogens with zero attached hydrogens (tertiary/aromatic N) is 3. The number of hydrogen-bond acceptors (Lipinski definition) is 4. The number of carbonyl (C=O) groups excluding carboxylic acids is 1. The Bertz CT molecular complexity index is 1390. The third-order valence-electron chi connectivity index (χ3n) is 7.98. The molecule has 0 spiro atoms. The number of alkyl halides is 3. The molecule has 0 atom stereocenters. The van der Waals surface area contributed by atoms with E-state index in [1.54, 1.807) is 21.6 Å². The number of halogens is 3. The minimum atomic E-state index is -4.41. The van der Waals surface area contributed by atoms with Crippen LogP contribution in [0.1, 0.15) is 72.5 Å². The van der Waals surface area contributed by atoms with Crippen molar-refractivity contribution in [1.82, 2.24) is 14.5 Å². The molecule has 5 rings (SSSR count). The number of amides is 1. The lowest BCUT2D eigenvalue weighted by Crippen LogP contribution is -2.47. The molecule has 9 heteroatoms. The van der Waals surface area contributed by atoms with Gasteiger partial charge >= 0.3 is 11.7 Å². The maximum absolute atomic E-state index is 13.7. The molecule has 1 fully saturated rings. The summed E-state index contributed by atoms with van der Waals surface area (Å²) in [5.41, 5.74) is 0.0936. The van der Waals surface area contributed by atoms with Crippen molar-refractivity contribution in [3.05, 3.63) is 93.2 Å². The minimum Gasteiger partial charge on any atom is -0.481 e. The Morgan fingerprint density at radius 1 is 0.974 bits per heavy atom. The van der Waals surface area contributed by atoms with Gasteiger partial charge in [0.05, 0.1) is 5.56 Å². The van der Waals surface area contributed by atoms with Gasteiger partial charge in [0.25, 0.3) is 5.91 Å². The summed E-state index contributed by atoms with van der Waals surface area (Å²) in [6.07, 6.45) is -0.668. The summed E-state index contributed by atoms with van der Waals surface area (Å²) >= 11 is 0. The molecule has 1 saturated carbocycles. The Morgan fingerprint density at radius 3 is 2.26 bits per heavy atom. The monoisotopic (exact) mass is 539 g/mol. The fraction of sp³-hybridized carbons (Fsp3) is 0.433. The Labute approximate surface area is 225 Å². The minimum absolute atomic E-state index is 0.0618. The quantitative estimate of drug-likeness (QED) is 0.383. The van der Waals surface area contributed by atoms with Crippen LogP contribution in [-0.2, 0) is 31.2 Å². The fourth-order valence-electron chi connectivity index (χ4n) is 5.90. The molecule has 3 aromatic rings. The zero-order chi connectivity index (χ0) is 27.8. The Hall–Kier alpha value is -3.62. The largest absolute Gasteiger partial charge is 0.481 e. The molecule has 1 amide bonds. The fourth-order valence-corrected chi connectivity index (χ4v) is 5.90. The lowest BCUT2D eigenvalue weighted by molar-refractivity contribution is -0.137. The maximum atomic E-state index is 13.7. The smallest absolute Gasteiger partial charge is 0.416 e. The van der Waals surface area contributed by atoms with E-state index < -0.39 is 22.7 Å². The summed E-state index contributed by atoms with van der Waals surface area (Å²) in [4.78, 5) is 33.2. The molecule has 2 heterocycles. The summed E-state index contributed by atoms with van der Waals surface area (Å²) in [6.45, 7) is 4.89. The highest BCUT2D eigenvalue weighted by molar-refractivity contribution is 5.96.